The van der Waals surface area contributed by atoms with Crippen LogP contribution in [-0.2, 0) is 0 Å². The normalized spacial score (nSPS) is 16.6. The summed E-state index contributed by atoms with van der Waals surface area (Å²) in [5.74, 6) is -88.4. The molecule has 238 valence electrons. The van der Waals surface area contributed by atoms with Crippen molar-refractivity contribution in [1.29, 1.82) is 0 Å². The number of alkyl halides is 26. The summed E-state index contributed by atoms with van der Waals surface area (Å²) in [6.07, 6.45) is -15.9. The van der Waals surface area contributed by atoms with Crippen LogP contribution in [0.15, 0.2) is 0 Å². The van der Waals surface area contributed by atoms with Crippen molar-refractivity contribution in [2.45, 2.75) is 71.6 Å². The smallest absolute Gasteiger partial charge is 0.192 e. The lowest BCUT2D eigenvalue weighted by Gasteiger charge is -2.39. The van der Waals surface area contributed by atoms with Crippen LogP contribution in [0.4, 0.5) is 114 Å². The summed E-state index contributed by atoms with van der Waals surface area (Å²) < 4.78 is 332. The fraction of sp³-hybridized carbons (Fsp3) is 0.857. The van der Waals surface area contributed by atoms with E-state index in [1.165, 1.54) is 0 Å². The van der Waals surface area contributed by atoms with E-state index in [0.717, 1.165) is 0 Å². The van der Waals surface area contributed by atoms with E-state index in [0.29, 0.717) is 0 Å². The average Bonchev–Trinajstić information content (AvgIpc) is 2.69. The first kappa shape index (κ1) is 37.7. The summed E-state index contributed by atoms with van der Waals surface area (Å²) in [5, 5.41) is 0. The molecule has 0 fully saturated rings. The summed E-state index contributed by atoms with van der Waals surface area (Å²) in [6.45, 7) is 0. The molecule has 0 aliphatic rings. The molecule has 0 aliphatic heterocycles. The zero-order valence-corrected chi connectivity index (χ0v) is 16.8. The molecule has 0 aliphatic carbocycles. The van der Waals surface area contributed by atoms with Gasteiger partial charge in [-0.15, -0.1) is 0 Å². The Bertz CT molecular complexity index is 913. The van der Waals surface area contributed by atoms with Gasteiger partial charge in [0.2, 0.25) is 0 Å². The number of hydrogen-bond acceptors (Lipinski definition) is 0. The van der Waals surface area contributed by atoms with E-state index < -0.39 is 83.4 Å². The summed E-state index contributed by atoms with van der Waals surface area (Å²) in [5.41, 5.74) is 0. The van der Waals surface area contributed by atoms with Crippen molar-refractivity contribution >= 4 is 0 Å². The van der Waals surface area contributed by atoms with Crippen LogP contribution in [0, 0.1) is 11.8 Å². The van der Waals surface area contributed by atoms with Gasteiger partial charge in [-0.2, -0.15) is 114 Å². The van der Waals surface area contributed by atoms with Crippen LogP contribution >= 0.6 is 0 Å². The third kappa shape index (κ3) is 4.81. The monoisotopic (exact) mass is 662 g/mol. The molecule has 0 atom stereocenters. The molecule has 0 aromatic heterocycles. The Morgan fingerprint density at radius 3 is 0.500 bits per heavy atom. The highest BCUT2D eigenvalue weighted by Gasteiger charge is 2.92. The predicted octanol–water partition coefficient (Wildman–Crippen LogP) is 8.47. The quantitative estimate of drug-likeness (QED) is 0.181. The zero-order chi connectivity index (χ0) is 33.4. The van der Waals surface area contributed by atoms with Crippen molar-refractivity contribution in [3.8, 4) is 11.8 Å². The van der Waals surface area contributed by atoms with Crippen molar-refractivity contribution in [1.82, 2.24) is 0 Å². The molecule has 26 heteroatoms. The molecule has 0 rings (SSSR count). The summed E-state index contributed by atoms with van der Waals surface area (Å²) >= 11 is 0. The molecule has 40 heavy (non-hydrogen) atoms. The van der Waals surface area contributed by atoms with Crippen LogP contribution in [0.2, 0.25) is 0 Å². The molecule has 0 unspecified atom stereocenters. The molecular weight excluding hydrogens is 662 g/mol. The van der Waals surface area contributed by atoms with Crippen molar-refractivity contribution in [3.63, 3.8) is 0 Å². The van der Waals surface area contributed by atoms with Gasteiger partial charge in [-0.1, -0.05) is 0 Å². The van der Waals surface area contributed by atoms with Crippen LogP contribution in [-0.4, -0.2) is 71.6 Å². The maximum Gasteiger partial charge on any atom is 0.460 e. The lowest BCUT2D eigenvalue weighted by atomic mass is 9.92. The minimum Gasteiger partial charge on any atom is -0.192 e. The molecule has 0 amide bonds. The van der Waals surface area contributed by atoms with Crippen molar-refractivity contribution < 1.29 is 114 Å². The summed E-state index contributed by atoms with van der Waals surface area (Å²) in [7, 11) is 0. The molecule has 0 bridgehead atoms. The Labute approximate surface area is 199 Å². The van der Waals surface area contributed by atoms with Crippen LogP contribution in [0.25, 0.3) is 0 Å². The van der Waals surface area contributed by atoms with E-state index in [9.17, 15) is 114 Å². The summed E-state index contributed by atoms with van der Waals surface area (Å²) in [6, 6.07) is 0. The van der Waals surface area contributed by atoms with Gasteiger partial charge in [0.05, 0.1) is 0 Å². The maximum absolute atomic E-state index is 13.3. The Kier molecular flexibility index (Phi) is 8.60. The topological polar surface area (TPSA) is 0 Å². The van der Waals surface area contributed by atoms with Gasteiger partial charge in [-0.25, -0.2) is 0 Å². The van der Waals surface area contributed by atoms with Crippen LogP contribution < -0.4 is 0 Å². The molecular formula is C14F26. The number of rotatable bonds is 8. The van der Waals surface area contributed by atoms with Gasteiger partial charge in [0, 0.05) is 0 Å². The summed E-state index contributed by atoms with van der Waals surface area (Å²) in [4.78, 5) is 0. The van der Waals surface area contributed by atoms with Gasteiger partial charge in [-0.3, -0.25) is 0 Å². The Hall–Kier alpha value is -2.26. The van der Waals surface area contributed by atoms with Gasteiger partial charge in [0.15, 0.2) is 0 Å². The molecule has 0 nitrogen and oxygen atoms in total. The Morgan fingerprint density at radius 2 is 0.350 bits per heavy atom. The number of halogens is 26. The Balaban J connectivity index is 6.98. The second-order valence-corrected chi connectivity index (χ2v) is 6.99. The fourth-order valence-electron chi connectivity index (χ4n) is 1.85. The molecule has 0 saturated heterocycles. The highest BCUT2D eigenvalue weighted by Crippen LogP contribution is 2.62. The highest BCUT2D eigenvalue weighted by atomic mass is 19.4. The van der Waals surface area contributed by atoms with E-state index in [1.54, 1.807) is 0 Å². The van der Waals surface area contributed by atoms with Gasteiger partial charge in [-0.05, 0) is 11.8 Å². The lowest BCUT2D eigenvalue weighted by molar-refractivity contribution is -0.436. The lowest BCUT2D eigenvalue weighted by Crippen LogP contribution is -2.70. The molecule has 0 aromatic rings. The van der Waals surface area contributed by atoms with Crippen molar-refractivity contribution in [3.05, 3.63) is 0 Å². The standard InChI is InChI=1S/C14F26/c15-3(16,5(19,20)7(23,24)9(27,28)11(31,32)13(35,36)37)1-2-4(17,18)6(21,22)8(25,26)10(29,30)12(33,34)14(38,39)40. The molecule has 0 spiro atoms. The van der Waals surface area contributed by atoms with Crippen LogP contribution in [0.1, 0.15) is 0 Å². The molecule has 0 saturated carbocycles. The molecule has 0 aromatic carbocycles. The first-order valence-electron chi connectivity index (χ1n) is 8.16. The van der Waals surface area contributed by atoms with Gasteiger partial charge >= 0.3 is 71.6 Å². The van der Waals surface area contributed by atoms with E-state index in [2.05, 4.69) is 0 Å². The zero-order valence-electron chi connectivity index (χ0n) is 16.8. The van der Waals surface area contributed by atoms with E-state index >= 15 is 0 Å². The SMILES string of the molecule is FC(F)(F)C(F)(F)C(F)(F)C(F)(F)C(F)(F)C(F)(F)C#CC(F)(F)C(F)(F)C(F)(F)C(F)(F)C(F)(F)C(F)(F)F. The van der Waals surface area contributed by atoms with E-state index in [4.69, 9.17) is 0 Å². The Morgan fingerprint density at radius 1 is 0.200 bits per heavy atom. The van der Waals surface area contributed by atoms with Gasteiger partial charge in [0.1, 0.15) is 0 Å². The molecule has 0 N–H and O–H groups in total. The second kappa shape index (κ2) is 9.12. The highest BCUT2D eigenvalue weighted by molar-refractivity contribution is 5.27. The van der Waals surface area contributed by atoms with Crippen LogP contribution in [0.3, 0.4) is 0 Å². The number of hydrogen-bond donors (Lipinski definition) is 0. The van der Waals surface area contributed by atoms with Gasteiger partial charge < -0.3 is 0 Å². The van der Waals surface area contributed by atoms with Crippen LogP contribution in [0.5, 0.6) is 0 Å². The largest absolute Gasteiger partial charge is 0.460 e. The van der Waals surface area contributed by atoms with Crippen molar-refractivity contribution in [2.75, 3.05) is 0 Å². The second-order valence-electron chi connectivity index (χ2n) is 6.99. The van der Waals surface area contributed by atoms with Gasteiger partial charge in [0.25, 0.3) is 0 Å². The molecule has 0 radical (unpaired) electrons. The van der Waals surface area contributed by atoms with E-state index in [1.807, 2.05) is 0 Å². The van der Waals surface area contributed by atoms with Crippen molar-refractivity contribution in [2.24, 2.45) is 0 Å². The minimum absolute atomic E-state index is 1.68. The molecule has 0 heterocycles. The first-order chi connectivity index (χ1) is 16.7. The first-order valence-corrected chi connectivity index (χ1v) is 8.16. The third-order valence-corrected chi connectivity index (χ3v) is 4.24. The average molecular weight is 662 g/mol. The predicted molar refractivity (Wildman–Crippen MR) is 69.4 cm³/mol. The third-order valence-electron chi connectivity index (χ3n) is 4.24. The fourth-order valence-corrected chi connectivity index (χ4v) is 1.85. The van der Waals surface area contributed by atoms with E-state index in [-0.39, 0.29) is 0 Å². The maximum atomic E-state index is 13.3. The minimum atomic E-state index is -8.79.